The quantitative estimate of drug-likeness (QED) is 0.192. The van der Waals surface area contributed by atoms with E-state index in [1.165, 1.54) is 37.4 Å². The number of carbonyl (C=O) groups excluding carboxylic acids is 1. The molecule has 0 aliphatic rings. The first-order chi connectivity index (χ1) is 22.0. The molecular weight excluding hydrogens is 654 g/mol. The summed E-state index contributed by atoms with van der Waals surface area (Å²) in [7, 11) is -1.66. The zero-order chi connectivity index (χ0) is 34.8. The Kier molecular flexibility index (Phi) is 9.89. The molecule has 0 aliphatic carbocycles. The minimum absolute atomic E-state index is 0.0254. The van der Waals surface area contributed by atoms with Crippen molar-refractivity contribution in [2.45, 2.75) is 18.2 Å². The van der Waals surface area contributed by atoms with Crippen LogP contribution in [0.4, 0.5) is 32.0 Å². The highest BCUT2D eigenvalue weighted by atomic mass is 32.2. The molecule has 5 rings (SSSR count). The van der Waals surface area contributed by atoms with E-state index in [0.29, 0.717) is 14.7 Å². The predicted molar refractivity (Wildman–Crippen MR) is 157 cm³/mol. The van der Waals surface area contributed by atoms with Crippen LogP contribution in [0.3, 0.4) is 0 Å². The van der Waals surface area contributed by atoms with Gasteiger partial charge in [-0.15, -0.1) is 0 Å². The van der Waals surface area contributed by atoms with Crippen LogP contribution in [-0.2, 0) is 24.1 Å². The van der Waals surface area contributed by atoms with Crippen molar-refractivity contribution in [3.63, 3.8) is 0 Å². The molecule has 0 spiro atoms. The van der Waals surface area contributed by atoms with E-state index in [1.807, 2.05) is 0 Å². The second-order valence-electron chi connectivity index (χ2n) is 9.94. The number of rotatable bonds is 6. The van der Waals surface area contributed by atoms with E-state index in [0.717, 1.165) is 35.6 Å². The summed E-state index contributed by atoms with van der Waals surface area (Å²) < 4.78 is 106. The van der Waals surface area contributed by atoms with Crippen LogP contribution >= 0.6 is 0 Å². The van der Waals surface area contributed by atoms with E-state index in [-0.39, 0.29) is 27.3 Å². The predicted octanol–water partition coefficient (Wildman–Crippen LogP) is 5.05. The zero-order valence-electron chi connectivity index (χ0n) is 24.6. The number of anilines is 1. The third kappa shape index (κ3) is 7.19. The maximum absolute atomic E-state index is 13.5. The minimum atomic E-state index is -4.19. The fourth-order valence-electron chi connectivity index (χ4n) is 4.21. The number of hydrogen-bond acceptors (Lipinski definition) is 6. The number of amides is 1. The average molecular weight is 679 g/mol. The minimum Gasteiger partial charge on any atom is -0.321 e. The topological polar surface area (TPSA) is 132 Å². The van der Waals surface area contributed by atoms with Gasteiger partial charge < -0.3 is 5.32 Å². The number of nitrogens with one attached hydrogen (secondary N) is 2. The highest BCUT2D eigenvalue weighted by molar-refractivity contribution is 7.90. The number of aromatic nitrogens is 4. The molecule has 5 aromatic rings. The third-order valence-corrected chi connectivity index (χ3v) is 8.27. The molecule has 2 aromatic heterocycles. The maximum Gasteiger partial charge on any atom is 0.343 e. The molecule has 1 amide bonds. The maximum atomic E-state index is 13.5. The summed E-state index contributed by atoms with van der Waals surface area (Å²) >= 11 is 0. The van der Waals surface area contributed by atoms with Crippen LogP contribution in [0.5, 0.6) is 0 Å². The number of nitrogens with zero attached hydrogens (tertiary/aromatic N) is 4. The van der Waals surface area contributed by atoms with Crippen LogP contribution in [0.2, 0.25) is 0 Å². The lowest BCUT2D eigenvalue weighted by Gasteiger charge is -2.12. The lowest BCUT2D eigenvalue weighted by molar-refractivity contribution is 0.101. The van der Waals surface area contributed by atoms with E-state index in [1.54, 1.807) is 25.1 Å². The van der Waals surface area contributed by atoms with Gasteiger partial charge in [0.1, 0.15) is 5.69 Å². The van der Waals surface area contributed by atoms with Crippen molar-refractivity contribution in [1.29, 1.82) is 5.41 Å². The van der Waals surface area contributed by atoms with Crippen molar-refractivity contribution in [2.24, 2.45) is 14.1 Å². The number of aryl methyl sites for hydroxylation is 2. The van der Waals surface area contributed by atoms with Gasteiger partial charge in [-0.1, -0.05) is 35.9 Å². The Balaban J connectivity index is 0.000000223. The van der Waals surface area contributed by atoms with E-state index in [2.05, 4.69) is 10.4 Å². The Labute approximate surface area is 262 Å². The van der Waals surface area contributed by atoms with E-state index in [9.17, 15) is 44.3 Å². The molecule has 0 unspecified atom stereocenters. The summed E-state index contributed by atoms with van der Waals surface area (Å²) in [6, 6.07) is 13.3. The number of benzene rings is 3. The van der Waals surface area contributed by atoms with Gasteiger partial charge in [0, 0.05) is 31.5 Å². The molecule has 2 N–H and O–H groups in total. The Bertz CT molecular complexity index is 2190. The first-order valence-electron chi connectivity index (χ1n) is 13.2. The summed E-state index contributed by atoms with van der Waals surface area (Å²) in [5.74, 6) is -6.36. The molecule has 10 nitrogen and oxygen atoms in total. The number of alkyl halides is 2. The van der Waals surface area contributed by atoms with Gasteiger partial charge in [0.15, 0.2) is 28.8 Å². The van der Waals surface area contributed by atoms with Crippen molar-refractivity contribution in [3.8, 4) is 11.1 Å². The van der Waals surface area contributed by atoms with Gasteiger partial charge in [-0.3, -0.25) is 19.5 Å². The molecule has 0 fully saturated rings. The van der Waals surface area contributed by atoms with E-state index < -0.39 is 62.5 Å². The number of halogens is 6. The molecule has 17 heteroatoms. The van der Waals surface area contributed by atoms with Crippen LogP contribution in [0.1, 0.15) is 28.0 Å². The molecule has 0 bridgehead atoms. The standard InChI is InChI=1S/C18H12F5N3O.C12H12FN3O3S/c1-26-8-11(16(25-26)17(22)23)18(27)24-14-5-3-2-4-10(14)9-6-12(19)15(21)13(20)7-9;1-8-3-5-9(6-4-8)20(18,19)16-7-10(13)11(14)15(2)12(16)17/h2-8,17H,1H3,(H,24,27);3-7,14H,1-2H3. The fourth-order valence-corrected chi connectivity index (χ4v) is 5.47. The van der Waals surface area contributed by atoms with E-state index >= 15 is 0 Å². The second kappa shape index (κ2) is 13.5. The van der Waals surface area contributed by atoms with Gasteiger partial charge in [0.05, 0.1) is 16.7 Å². The molecule has 246 valence electrons. The molecule has 0 aliphatic heterocycles. The van der Waals surface area contributed by atoms with Gasteiger partial charge in [-0.05, 0) is 42.8 Å². The second-order valence-corrected chi connectivity index (χ2v) is 11.8. The smallest absolute Gasteiger partial charge is 0.321 e. The van der Waals surface area contributed by atoms with Crippen molar-refractivity contribution in [2.75, 3.05) is 5.32 Å². The summed E-state index contributed by atoms with van der Waals surface area (Å²) in [5.41, 5.74) is -1.58. The fraction of sp³-hybridized carbons (Fsp3) is 0.133. The summed E-state index contributed by atoms with van der Waals surface area (Å²) in [4.78, 5) is 24.2. The highest BCUT2D eigenvalue weighted by Gasteiger charge is 2.24. The average Bonchev–Trinajstić information content (AvgIpc) is 3.43. The highest BCUT2D eigenvalue weighted by Crippen LogP contribution is 2.31. The van der Waals surface area contributed by atoms with Crippen LogP contribution in [0.25, 0.3) is 11.1 Å². The normalized spacial score (nSPS) is 11.3. The molecule has 0 radical (unpaired) electrons. The molecule has 0 atom stereocenters. The largest absolute Gasteiger partial charge is 0.343 e. The van der Waals surface area contributed by atoms with Crippen molar-refractivity contribution in [1.82, 2.24) is 18.3 Å². The molecule has 0 saturated heterocycles. The Hall–Kier alpha value is -5.45. The first-order valence-corrected chi connectivity index (χ1v) is 14.7. The number of para-hydroxylation sites is 1. The van der Waals surface area contributed by atoms with Gasteiger partial charge in [0.2, 0.25) is 0 Å². The molecule has 3 aromatic carbocycles. The molecule has 0 saturated carbocycles. The van der Waals surface area contributed by atoms with Gasteiger partial charge in [-0.25, -0.2) is 39.6 Å². The van der Waals surface area contributed by atoms with E-state index in [4.69, 9.17) is 5.41 Å². The van der Waals surface area contributed by atoms with Crippen molar-refractivity contribution in [3.05, 3.63) is 129 Å². The monoisotopic (exact) mass is 678 g/mol. The van der Waals surface area contributed by atoms with Gasteiger partial charge >= 0.3 is 5.69 Å². The van der Waals surface area contributed by atoms with Crippen LogP contribution < -0.4 is 16.5 Å². The SMILES string of the molecule is Cc1ccc(S(=O)(=O)n2cc(F)c(=N)n(C)c2=O)cc1.Cn1cc(C(=O)Nc2ccccc2-c2cc(F)c(F)c(F)c2)c(C(F)F)n1. The molecule has 47 heavy (non-hydrogen) atoms. The Morgan fingerprint density at radius 2 is 1.51 bits per heavy atom. The van der Waals surface area contributed by atoms with Crippen LogP contribution in [-0.4, -0.2) is 32.6 Å². The molecular formula is C30H24F6N6O4S. The van der Waals surface area contributed by atoms with Crippen LogP contribution in [0.15, 0.2) is 82.7 Å². The summed E-state index contributed by atoms with van der Waals surface area (Å²) in [5, 5.41) is 13.3. The molecule has 2 heterocycles. The Morgan fingerprint density at radius 3 is 2.11 bits per heavy atom. The Morgan fingerprint density at radius 1 is 0.915 bits per heavy atom. The number of carbonyl (C=O) groups is 1. The van der Waals surface area contributed by atoms with Gasteiger partial charge in [-0.2, -0.15) is 9.07 Å². The summed E-state index contributed by atoms with van der Waals surface area (Å²) in [6.45, 7) is 1.79. The lowest BCUT2D eigenvalue weighted by Crippen LogP contribution is -2.41. The van der Waals surface area contributed by atoms with Gasteiger partial charge in [0.25, 0.3) is 22.4 Å². The van der Waals surface area contributed by atoms with Crippen molar-refractivity contribution < 1.29 is 39.6 Å². The summed E-state index contributed by atoms with van der Waals surface area (Å²) in [6.07, 6.45) is -1.31. The number of hydrogen-bond donors (Lipinski definition) is 2. The van der Waals surface area contributed by atoms with Crippen molar-refractivity contribution >= 4 is 21.6 Å². The first kappa shape index (κ1) is 34.4. The van der Waals surface area contributed by atoms with Crippen LogP contribution in [0, 0.1) is 35.6 Å². The zero-order valence-corrected chi connectivity index (χ0v) is 25.4. The third-order valence-electron chi connectivity index (χ3n) is 6.62. The lowest BCUT2D eigenvalue weighted by atomic mass is 10.0.